The van der Waals surface area contributed by atoms with Crippen molar-refractivity contribution in [1.82, 2.24) is 20.5 Å². The normalized spacial score (nSPS) is 17.5. The van der Waals surface area contributed by atoms with E-state index in [9.17, 15) is 19.2 Å². The minimum absolute atomic E-state index is 0.0404. The molecule has 0 radical (unpaired) electrons. The number of likely N-dealkylation sites (tertiary alicyclic amines) is 1. The van der Waals surface area contributed by atoms with E-state index in [1.807, 2.05) is 37.3 Å². The molecule has 11 heteroatoms. The van der Waals surface area contributed by atoms with E-state index in [4.69, 9.17) is 9.47 Å². The van der Waals surface area contributed by atoms with Crippen LogP contribution >= 0.6 is 0 Å². The Balaban J connectivity index is 1.63. The van der Waals surface area contributed by atoms with Gasteiger partial charge in [0.2, 0.25) is 11.8 Å². The molecular formula is C32H45N5O6. The van der Waals surface area contributed by atoms with Gasteiger partial charge in [-0.1, -0.05) is 43.3 Å². The molecule has 234 valence electrons. The molecule has 0 aliphatic carbocycles. The topological polar surface area (TPSA) is 139 Å². The summed E-state index contributed by atoms with van der Waals surface area (Å²) in [5, 5.41) is 8.25. The lowest BCUT2D eigenvalue weighted by Crippen LogP contribution is -2.52. The van der Waals surface area contributed by atoms with E-state index in [0.29, 0.717) is 30.9 Å². The van der Waals surface area contributed by atoms with Crippen LogP contribution in [-0.4, -0.2) is 63.7 Å². The summed E-state index contributed by atoms with van der Waals surface area (Å²) in [7, 11) is 0. The number of aromatic nitrogens is 1. The van der Waals surface area contributed by atoms with Gasteiger partial charge in [0, 0.05) is 24.7 Å². The first-order valence-electron chi connectivity index (χ1n) is 14.7. The summed E-state index contributed by atoms with van der Waals surface area (Å²) in [5.74, 6) is -0.490. The van der Waals surface area contributed by atoms with Crippen molar-refractivity contribution in [2.24, 2.45) is 0 Å². The van der Waals surface area contributed by atoms with E-state index in [2.05, 4.69) is 20.9 Å². The third kappa shape index (κ3) is 9.97. The van der Waals surface area contributed by atoms with Gasteiger partial charge < -0.3 is 20.1 Å². The fourth-order valence-corrected chi connectivity index (χ4v) is 4.76. The number of anilines is 1. The molecule has 2 aromatic rings. The van der Waals surface area contributed by atoms with Gasteiger partial charge >= 0.3 is 12.2 Å². The van der Waals surface area contributed by atoms with Crippen LogP contribution in [0.5, 0.6) is 0 Å². The second-order valence-electron chi connectivity index (χ2n) is 12.7. The van der Waals surface area contributed by atoms with Crippen LogP contribution in [0.25, 0.3) is 0 Å². The summed E-state index contributed by atoms with van der Waals surface area (Å²) < 4.78 is 10.9. The molecule has 3 atom stereocenters. The molecule has 1 aliphatic rings. The van der Waals surface area contributed by atoms with E-state index < -0.39 is 41.4 Å². The van der Waals surface area contributed by atoms with Crippen molar-refractivity contribution in [3.63, 3.8) is 0 Å². The van der Waals surface area contributed by atoms with Crippen molar-refractivity contribution in [2.75, 3.05) is 11.9 Å². The Morgan fingerprint density at radius 1 is 0.977 bits per heavy atom. The van der Waals surface area contributed by atoms with E-state index in [1.54, 1.807) is 60.6 Å². The molecule has 0 bridgehead atoms. The van der Waals surface area contributed by atoms with Crippen LogP contribution in [-0.2, 0) is 32.0 Å². The molecule has 1 aliphatic heterocycles. The summed E-state index contributed by atoms with van der Waals surface area (Å²) in [6.07, 6.45) is -0.173. The third-order valence-electron chi connectivity index (χ3n) is 6.74. The number of amides is 4. The predicted octanol–water partition coefficient (Wildman–Crippen LogP) is 4.91. The van der Waals surface area contributed by atoms with E-state index in [0.717, 1.165) is 11.1 Å². The van der Waals surface area contributed by atoms with Crippen LogP contribution in [0.15, 0.2) is 42.5 Å². The third-order valence-corrected chi connectivity index (χ3v) is 6.74. The molecular weight excluding hydrogens is 550 g/mol. The van der Waals surface area contributed by atoms with Crippen molar-refractivity contribution >= 4 is 29.8 Å². The van der Waals surface area contributed by atoms with Gasteiger partial charge in [0.05, 0.1) is 0 Å². The number of nitrogens with zero attached hydrogens (tertiary/aromatic N) is 2. The summed E-state index contributed by atoms with van der Waals surface area (Å²) >= 11 is 0. The lowest BCUT2D eigenvalue weighted by molar-refractivity contribution is -0.131. The molecule has 3 N–H and O–H groups in total. The average molecular weight is 596 g/mol. The first-order valence-corrected chi connectivity index (χ1v) is 14.7. The van der Waals surface area contributed by atoms with Gasteiger partial charge in [0.15, 0.2) is 0 Å². The number of rotatable bonds is 8. The number of hydrogen-bond acceptors (Lipinski definition) is 7. The number of pyridine rings is 1. The Morgan fingerprint density at radius 2 is 1.63 bits per heavy atom. The quantitative estimate of drug-likeness (QED) is 0.394. The van der Waals surface area contributed by atoms with Crippen molar-refractivity contribution < 1.29 is 28.7 Å². The highest BCUT2D eigenvalue weighted by Crippen LogP contribution is 2.33. The van der Waals surface area contributed by atoms with Gasteiger partial charge in [-0.3, -0.25) is 19.8 Å². The van der Waals surface area contributed by atoms with Crippen LogP contribution < -0.4 is 16.0 Å². The highest BCUT2D eigenvalue weighted by molar-refractivity contribution is 5.91. The molecule has 0 spiro atoms. The average Bonchev–Trinajstić information content (AvgIpc) is 3.36. The minimum Gasteiger partial charge on any atom is -0.444 e. The van der Waals surface area contributed by atoms with E-state index >= 15 is 0 Å². The Morgan fingerprint density at radius 3 is 2.23 bits per heavy atom. The van der Waals surface area contributed by atoms with Crippen LogP contribution in [0.2, 0.25) is 0 Å². The van der Waals surface area contributed by atoms with Crippen molar-refractivity contribution in [3.05, 3.63) is 59.3 Å². The minimum atomic E-state index is -0.852. The zero-order valence-electron chi connectivity index (χ0n) is 26.4. The highest BCUT2D eigenvalue weighted by Gasteiger charge is 2.42. The molecule has 4 amide bonds. The Bertz CT molecular complexity index is 1300. The molecule has 43 heavy (non-hydrogen) atoms. The highest BCUT2D eigenvalue weighted by atomic mass is 16.6. The molecule has 1 aromatic carbocycles. The second-order valence-corrected chi connectivity index (χ2v) is 12.7. The molecule has 1 aromatic heterocycles. The largest absolute Gasteiger partial charge is 0.444 e. The fourth-order valence-electron chi connectivity index (χ4n) is 4.76. The predicted molar refractivity (Wildman–Crippen MR) is 163 cm³/mol. The van der Waals surface area contributed by atoms with Crippen LogP contribution in [0.4, 0.5) is 15.4 Å². The fraction of sp³-hybridized carbons (Fsp3) is 0.531. The van der Waals surface area contributed by atoms with Crippen molar-refractivity contribution in [3.8, 4) is 0 Å². The van der Waals surface area contributed by atoms with Crippen molar-refractivity contribution in [1.29, 1.82) is 0 Å². The molecule has 1 saturated heterocycles. The zero-order valence-corrected chi connectivity index (χ0v) is 26.4. The molecule has 1 fully saturated rings. The lowest BCUT2D eigenvalue weighted by atomic mass is 9.96. The Hall–Kier alpha value is -4.15. The SMILES string of the molecule is CCc1nc(NC(=O)OC(C)(C)C)ccc1CNC(=O)[C@H](C)NC(=O)[C@H]1C[C@H](c2ccccc2)CN1C(=O)OC(C)(C)C. The second kappa shape index (κ2) is 13.9. The van der Waals surface area contributed by atoms with Gasteiger partial charge in [-0.15, -0.1) is 0 Å². The Kier molecular flexibility index (Phi) is 10.8. The Labute approximate surface area is 254 Å². The first kappa shape index (κ1) is 33.4. The van der Waals surface area contributed by atoms with Gasteiger partial charge in [-0.25, -0.2) is 14.6 Å². The lowest BCUT2D eigenvalue weighted by Gasteiger charge is -2.28. The standard InChI is InChI=1S/C32H45N5O6/c1-9-24-22(15-16-26(35-24)36-29(40)42-31(3,4)5)18-33-27(38)20(2)34-28(39)25-17-23(21-13-11-10-12-14-21)19-37(25)30(41)43-32(6,7)8/h10-16,20,23,25H,9,17-19H2,1-8H3,(H,33,38)(H,34,39)(H,35,36,40)/t20-,23-,25+/m0/s1. The van der Waals surface area contributed by atoms with Gasteiger partial charge in [-0.05, 0) is 78.5 Å². The van der Waals surface area contributed by atoms with Crippen LogP contribution in [0.1, 0.15) is 84.5 Å². The van der Waals surface area contributed by atoms with E-state index in [-0.39, 0.29) is 18.4 Å². The van der Waals surface area contributed by atoms with E-state index in [1.165, 1.54) is 4.90 Å². The number of carbonyl (C=O) groups excluding carboxylic acids is 4. The van der Waals surface area contributed by atoms with Gasteiger partial charge in [0.1, 0.15) is 29.1 Å². The molecule has 0 saturated carbocycles. The number of hydrogen-bond donors (Lipinski definition) is 3. The number of benzene rings is 1. The molecule has 11 nitrogen and oxygen atoms in total. The number of ether oxygens (including phenoxy) is 2. The summed E-state index contributed by atoms with van der Waals surface area (Å²) in [6, 6.07) is 11.5. The molecule has 3 rings (SSSR count). The monoisotopic (exact) mass is 595 g/mol. The smallest absolute Gasteiger partial charge is 0.413 e. The number of aryl methyl sites for hydroxylation is 1. The maximum atomic E-state index is 13.4. The van der Waals surface area contributed by atoms with Gasteiger partial charge in [-0.2, -0.15) is 0 Å². The molecule has 2 heterocycles. The molecule has 0 unspecified atom stereocenters. The zero-order chi connectivity index (χ0) is 31.9. The van der Waals surface area contributed by atoms with Gasteiger partial charge in [0.25, 0.3) is 0 Å². The van der Waals surface area contributed by atoms with Crippen molar-refractivity contribution in [2.45, 2.75) is 104 Å². The number of carbonyl (C=O) groups is 4. The summed E-state index contributed by atoms with van der Waals surface area (Å²) in [6.45, 7) is 14.7. The number of nitrogens with one attached hydrogen (secondary N) is 3. The summed E-state index contributed by atoms with van der Waals surface area (Å²) in [4.78, 5) is 57.5. The summed E-state index contributed by atoms with van der Waals surface area (Å²) in [5.41, 5.74) is 1.17. The maximum absolute atomic E-state index is 13.4. The maximum Gasteiger partial charge on any atom is 0.413 e. The van der Waals surface area contributed by atoms with Crippen LogP contribution in [0.3, 0.4) is 0 Å². The van der Waals surface area contributed by atoms with Crippen LogP contribution in [0, 0.1) is 0 Å². The first-order chi connectivity index (χ1) is 20.1.